The Hall–Kier alpha value is -2.39. The van der Waals surface area contributed by atoms with Crippen molar-refractivity contribution >= 4 is 10.9 Å². The summed E-state index contributed by atoms with van der Waals surface area (Å²) in [4.78, 5) is 15.3. The minimum Gasteiger partial charge on any atom is -0.372 e. The van der Waals surface area contributed by atoms with E-state index in [2.05, 4.69) is 30.1 Å². The Balaban J connectivity index is 1.84. The largest absolute Gasteiger partial charge is 0.372 e. The van der Waals surface area contributed by atoms with Gasteiger partial charge in [0.2, 0.25) is 0 Å². The third-order valence-electron chi connectivity index (χ3n) is 4.23. The Morgan fingerprint density at radius 2 is 1.78 bits per heavy atom. The van der Waals surface area contributed by atoms with Gasteiger partial charge < -0.3 is 9.72 Å². The van der Waals surface area contributed by atoms with Crippen molar-refractivity contribution in [1.29, 1.82) is 0 Å². The number of aromatic nitrogens is 1. The molecule has 0 bridgehead atoms. The smallest absolute Gasteiger partial charge is 0.254 e. The van der Waals surface area contributed by atoms with Crippen LogP contribution < -0.4 is 5.56 Å². The molecule has 0 aliphatic heterocycles. The molecule has 0 saturated heterocycles. The fraction of sp³-hybridized carbons (Fsp3) is 0.250. The highest BCUT2D eigenvalue weighted by Crippen LogP contribution is 2.20. The van der Waals surface area contributed by atoms with Crippen molar-refractivity contribution in [3.05, 3.63) is 81.1 Å². The van der Waals surface area contributed by atoms with Crippen LogP contribution in [0.2, 0.25) is 0 Å². The second-order valence-corrected chi connectivity index (χ2v) is 5.77. The molecule has 0 aliphatic rings. The molecule has 1 N–H and O–H groups in total. The molecule has 0 spiro atoms. The first-order chi connectivity index (χ1) is 11.2. The Morgan fingerprint density at radius 3 is 2.52 bits per heavy atom. The highest BCUT2D eigenvalue weighted by molar-refractivity contribution is 5.83. The van der Waals surface area contributed by atoms with Gasteiger partial charge in [-0.1, -0.05) is 49.4 Å². The Kier molecular flexibility index (Phi) is 4.58. The lowest BCUT2D eigenvalue weighted by Crippen LogP contribution is -2.16. The van der Waals surface area contributed by atoms with E-state index >= 15 is 0 Å². The van der Waals surface area contributed by atoms with Crippen LogP contribution in [0.3, 0.4) is 0 Å². The van der Waals surface area contributed by atoms with Crippen molar-refractivity contribution in [3.63, 3.8) is 0 Å². The highest BCUT2D eigenvalue weighted by Gasteiger charge is 2.09. The molecule has 0 unspecified atom stereocenters. The van der Waals surface area contributed by atoms with E-state index in [1.807, 2.05) is 37.3 Å². The van der Waals surface area contributed by atoms with Crippen molar-refractivity contribution in [2.45, 2.75) is 33.5 Å². The van der Waals surface area contributed by atoms with Crippen molar-refractivity contribution in [2.75, 3.05) is 0 Å². The van der Waals surface area contributed by atoms with Crippen molar-refractivity contribution in [1.82, 2.24) is 4.98 Å². The molecule has 0 radical (unpaired) electrons. The molecule has 3 nitrogen and oxygen atoms in total. The van der Waals surface area contributed by atoms with Crippen LogP contribution in [0, 0.1) is 6.92 Å². The lowest BCUT2D eigenvalue weighted by atomic mass is 10.0. The van der Waals surface area contributed by atoms with E-state index in [1.54, 1.807) is 0 Å². The first kappa shape index (κ1) is 15.5. The number of aryl methyl sites for hydroxylation is 2. The maximum atomic E-state index is 12.4. The van der Waals surface area contributed by atoms with Gasteiger partial charge in [-0.3, -0.25) is 4.79 Å². The summed E-state index contributed by atoms with van der Waals surface area (Å²) in [6.07, 6.45) is 0.957. The van der Waals surface area contributed by atoms with Crippen molar-refractivity contribution in [2.24, 2.45) is 0 Å². The molecule has 3 heteroatoms. The molecule has 1 aromatic heterocycles. The third-order valence-corrected chi connectivity index (χ3v) is 4.23. The van der Waals surface area contributed by atoms with Crippen LogP contribution in [0.15, 0.2) is 53.3 Å². The molecule has 0 saturated carbocycles. The quantitative estimate of drug-likeness (QED) is 0.770. The van der Waals surface area contributed by atoms with Crippen LogP contribution in [0.1, 0.15) is 29.2 Å². The number of hydrogen-bond acceptors (Lipinski definition) is 2. The summed E-state index contributed by atoms with van der Waals surface area (Å²) in [5.74, 6) is 0. The summed E-state index contributed by atoms with van der Waals surface area (Å²) in [6, 6.07) is 16.2. The molecule has 2 aromatic carbocycles. The van der Waals surface area contributed by atoms with Gasteiger partial charge in [0.05, 0.1) is 13.2 Å². The van der Waals surface area contributed by atoms with Gasteiger partial charge in [0, 0.05) is 16.5 Å². The van der Waals surface area contributed by atoms with Gasteiger partial charge in [0.1, 0.15) is 0 Å². The third kappa shape index (κ3) is 3.35. The maximum absolute atomic E-state index is 12.4. The zero-order chi connectivity index (χ0) is 16.2. The van der Waals surface area contributed by atoms with Gasteiger partial charge in [0.25, 0.3) is 5.56 Å². The number of aromatic amines is 1. The molecule has 118 valence electrons. The Bertz CT molecular complexity index is 866. The van der Waals surface area contributed by atoms with E-state index in [4.69, 9.17) is 4.74 Å². The molecule has 0 atom stereocenters. The van der Waals surface area contributed by atoms with E-state index in [-0.39, 0.29) is 5.56 Å². The summed E-state index contributed by atoms with van der Waals surface area (Å²) in [7, 11) is 0. The van der Waals surface area contributed by atoms with Gasteiger partial charge in [-0.05, 0) is 36.1 Å². The summed E-state index contributed by atoms with van der Waals surface area (Å²) in [6.45, 7) is 4.93. The molecule has 0 amide bonds. The lowest BCUT2D eigenvalue weighted by Gasteiger charge is -2.10. The number of rotatable bonds is 5. The predicted octanol–water partition coefficient (Wildman–Crippen LogP) is 4.12. The van der Waals surface area contributed by atoms with Gasteiger partial charge >= 0.3 is 0 Å². The standard InChI is InChI=1S/C20H21NO2/c1-3-15-9-10-17-14(2)18(20(22)21-19(17)11-15)13-23-12-16-7-5-4-6-8-16/h4-11H,3,12-13H2,1-2H3,(H,21,22). The minimum absolute atomic E-state index is 0.0590. The number of nitrogens with one attached hydrogen (secondary N) is 1. The predicted molar refractivity (Wildman–Crippen MR) is 93.6 cm³/mol. The van der Waals surface area contributed by atoms with Crippen LogP contribution in [-0.2, 0) is 24.4 Å². The average molecular weight is 307 g/mol. The number of fused-ring (bicyclic) bond motifs is 1. The van der Waals surface area contributed by atoms with Crippen LogP contribution in [0.4, 0.5) is 0 Å². The fourth-order valence-electron chi connectivity index (χ4n) is 2.79. The Labute approximate surface area is 135 Å². The summed E-state index contributed by atoms with van der Waals surface area (Å²) in [5.41, 5.74) is 4.88. The molecule has 0 fully saturated rings. The number of pyridine rings is 1. The van der Waals surface area contributed by atoms with E-state index in [9.17, 15) is 4.79 Å². The summed E-state index contributed by atoms with van der Waals surface area (Å²) in [5, 5.41) is 1.08. The van der Waals surface area contributed by atoms with Gasteiger partial charge in [-0.15, -0.1) is 0 Å². The van der Waals surface area contributed by atoms with E-state index in [0.717, 1.165) is 28.5 Å². The zero-order valence-electron chi connectivity index (χ0n) is 13.6. The molecule has 3 rings (SSSR count). The molecule has 3 aromatic rings. The number of benzene rings is 2. The Morgan fingerprint density at radius 1 is 1.00 bits per heavy atom. The monoisotopic (exact) mass is 307 g/mol. The summed E-state index contributed by atoms with van der Waals surface area (Å²) >= 11 is 0. The number of H-pyrrole nitrogens is 1. The maximum Gasteiger partial charge on any atom is 0.254 e. The first-order valence-corrected chi connectivity index (χ1v) is 7.95. The van der Waals surface area contributed by atoms with E-state index in [1.165, 1.54) is 5.56 Å². The van der Waals surface area contributed by atoms with Gasteiger partial charge in [-0.25, -0.2) is 0 Å². The van der Waals surface area contributed by atoms with E-state index in [0.29, 0.717) is 18.8 Å². The molecular weight excluding hydrogens is 286 g/mol. The molecular formula is C20H21NO2. The lowest BCUT2D eigenvalue weighted by molar-refractivity contribution is 0.106. The topological polar surface area (TPSA) is 42.1 Å². The second-order valence-electron chi connectivity index (χ2n) is 5.77. The molecule has 1 heterocycles. The van der Waals surface area contributed by atoms with Crippen molar-refractivity contribution < 1.29 is 4.74 Å². The SMILES string of the molecule is CCc1ccc2c(C)c(COCc3ccccc3)c(=O)[nH]c2c1. The van der Waals surface area contributed by atoms with Gasteiger partial charge in [0.15, 0.2) is 0 Å². The first-order valence-electron chi connectivity index (χ1n) is 7.95. The van der Waals surface area contributed by atoms with Crippen LogP contribution >= 0.6 is 0 Å². The highest BCUT2D eigenvalue weighted by atomic mass is 16.5. The normalized spacial score (nSPS) is 11.0. The number of hydrogen-bond donors (Lipinski definition) is 1. The van der Waals surface area contributed by atoms with Crippen LogP contribution in [-0.4, -0.2) is 4.98 Å². The second kappa shape index (κ2) is 6.80. The van der Waals surface area contributed by atoms with Crippen LogP contribution in [0.5, 0.6) is 0 Å². The minimum atomic E-state index is -0.0590. The van der Waals surface area contributed by atoms with Gasteiger partial charge in [-0.2, -0.15) is 0 Å². The fourth-order valence-corrected chi connectivity index (χ4v) is 2.79. The van der Waals surface area contributed by atoms with E-state index < -0.39 is 0 Å². The van der Waals surface area contributed by atoms with Crippen LogP contribution in [0.25, 0.3) is 10.9 Å². The van der Waals surface area contributed by atoms with Crippen molar-refractivity contribution in [3.8, 4) is 0 Å². The summed E-state index contributed by atoms with van der Waals surface area (Å²) < 4.78 is 5.74. The zero-order valence-corrected chi connectivity index (χ0v) is 13.6. The molecule has 0 aliphatic carbocycles. The molecule has 23 heavy (non-hydrogen) atoms. The average Bonchev–Trinajstić information content (AvgIpc) is 2.58. The number of ether oxygens (including phenoxy) is 1.